The second-order valence-electron chi connectivity index (χ2n) is 6.59. The number of primary amides is 1. The van der Waals surface area contributed by atoms with Crippen molar-refractivity contribution in [1.29, 1.82) is 0 Å². The summed E-state index contributed by atoms with van der Waals surface area (Å²) >= 11 is 4.73. The molecule has 136 valence electrons. The number of carbonyl (C=O) groups is 2. The second-order valence-corrected chi connectivity index (χ2v) is 7.45. The maximum atomic E-state index is 14.8. The molecule has 1 aromatic rings. The molecule has 2 N–H and O–H groups in total. The fourth-order valence-corrected chi connectivity index (χ4v) is 4.73. The minimum atomic E-state index is -1.80. The van der Waals surface area contributed by atoms with Crippen molar-refractivity contribution >= 4 is 30.1 Å². The Morgan fingerprint density at radius 1 is 1.32 bits per heavy atom. The lowest BCUT2D eigenvalue weighted by molar-refractivity contribution is -0.147. The number of carbonyl (C=O) groups excluding carboxylic acids is 2. The summed E-state index contributed by atoms with van der Waals surface area (Å²) < 4.78 is 33.4. The van der Waals surface area contributed by atoms with Gasteiger partial charge in [0.05, 0.1) is 16.0 Å². The topological polar surface area (TPSA) is 72.6 Å². The first-order chi connectivity index (χ1) is 11.8. The summed E-state index contributed by atoms with van der Waals surface area (Å²) in [4.78, 5) is 25.8. The molecule has 1 heterocycles. The standard InChI is InChI=1S/C17H20F2N2O3S/c1-24-17(16(25)7-3-2-4-8-16)13-11(6-5-10(18)14(13)19)21(15(17)23)9-12(20)22/h5-6,25H,2-4,7-9H2,1H3,(H2,20,22)/t17-/m0/s1. The monoisotopic (exact) mass is 370 g/mol. The van der Waals surface area contributed by atoms with Gasteiger partial charge in [-0.2, -0.15) is 12.6 Å². The normalized spacial score (nSPS) is 25.1. The number of benzene rings is 1. The van der Waals surface area contributed by atoms with Gasteiger partial charge >= 0.3 is 0 Å². The van der Waals surface area contributed by atoms with E-state index < -0.39 is 40.3 Å². The van der Waals surface area contributed by atoms with Crippen LogP contribution in [0.1, 0.15) is 37.7 Å². The van der Waals surface area contributed by atoms with E-state index in [2.05, 4.69) is 0 Å². The predicted octanol–water partition coefficient (Wildman–Crippen LogP) is 2.27. The van der Waals surface area contributed by atoms with Crippen LogP contribution < -0.4 is 10.6 Å². The van der Waals surface area contributed by atoms with E-state index in [0.717, 1.165) is 30.2 Å². The van der Waals surface area contributed by atoms with Crippen LogP contribution in [-0.2, 0) is 19.9 Å². The van der Waals surface area contributed by atoms with E-state index >= 15 is 0 Å². The molecule has 1 aliphatic heterocycles. The summed E-state index contributed by atoms with van der Waals surface area (Å²) in [5, 5.41) is 0. The predicted molar refractivity (Wildman–Crippen MR) is 91.4 cm³/mol. The molecule has 2 aliphatic rings. The number of amides is 2. The van der Waals surface area contributed by atoms with Gasteiger partial charge in [-0.05, 0) is 25.0 Å². The van der Waals surface area contributed by atoms with Crippen molar-refractivity contribution in [1.82, 2.24) is 0 Å². The van der Waals surface area contributed by atoms with E-state index in [0.29, 0.717) is 12.8 Å². The van der Waals surface area contributed by atoms with Crippen LogP contribution in [0.25, 0.3) is 0 Å². The first-order valence-corrected chi connectivity index (χ1v) is 8.59. The van der Waals surface area contributed by atoms with Gasteiger partial charge in [0.15, 0.2) is 17.2 Å². The fourth-order valence-electron chi connectivity index (χ4n) is 4.12. The Morgan fingerprint density at radius 3 is 2.52 bits per heavy atom. The Morgan fingerprint density at radius 2 is 1.96 bits per heavy atom. The Labute approximate surface area is 149 Å². The van der Waals surface area contributed by atoms with Crippen LogP contribution in [0.2, 0.25) is 0 Å². The molecule has 1 saturated carbocycles. The number of hydrogen-bond acceptors (Lipinski definition) is 4. The van der Waals surface area contributed by atoms with Gasteiger partial charge in [0.2, 0.25) is 5.91 Å². The van der Waals surface area contributed by atoms with Crippen molar-refractivity contribution in [3.63, 3.8) is 0 Å². The highest BCUT2D eigenvalue weighted by atomic mass is 32.1. The Hall–Kier alpha value is -1.67. The zero-order valence-corrected chi connectivity index (χ0v) is 14.7. The third-order valence-electron chi connectivity index (χ3n) is 5.22. The van der Waals surface area contributed by atoms with Gasteiger partial charge < -0.3 is 10.5 Å². The molecule has 2 amide bonds. The number of rotatable bonds is 4. The van der Waals surface area contributed by atoms with Gasteiger partial charge in [-0.15, -0.1) is 0 Å². The number of fused-ring (bicyclic) bond motifs is 1. The summed E-state index contributed by atoms with van der Waals surface area (Å²) in [6, 6.07) is 2.20. The molecule has 5 nitrogen and oxygen atoms in total. The number of methoxy groups -OCH3 is 1. The van der Waals surface area contributed by atoms with Gasteiger partial charge in [0, 0.05) is 7.11 Å². The quantitative estimate of drug-likeness (QED) is 0.799. The average molecular weight is 370 g/mol. The van der Waals surface area contributed by atoms with Crippen molar-refractivity contribution in [3.05, 3.63) is 29.3 Å². The Bertz CT molecular complexity index is 737. The van der Waals surface area contributed by atoms with Crippen LogP contribution in [-0.4, -0.2) is 30.2 Å². The molecule has 1 aromatic carbocycles. The number of ether oxygens (including phenoxy) is 1. The number of nitrogens with two attached hydrogens (primary N) is 1. The van der Waals surface area contributed by atoms with Crippen LogP contribution in [0.15, 0.2) is 12.1 Å². The van der Waals surface area contributed by atoms with Crippen molar-refractivity contribution in [2.75, 3.05) is 18.6 Å². The molecule has 3 rings (SSSR count). The molecule has 0 unspecified atom stereocenters. The highest BCUT2D eigenvalue weighted by Gasteiger charge is 2.64. The van der Waals surface area contributed by atoms with Crippen LogP contribution in [0.4, 0.5) is 14.5 Å². The van der Waals surface area contributed by atoms with E-state index in [4.69, 9.17) is 23.1 Å². The molecule has 0 saturated heterocycles. The van der Waals surface area contributed by atoms with Gasteiger partial charge in [-0.1, -0.05) is 19.3 Å². The summed E-state index contributed by atoms with van der Waals surface area (Å²) in [5.41, 5.74) is 3.35. The van der Waals surface area contributed by atoms with Crippen LogP contribution in [0.3, 0.4) is 0 Å². The molecular formula is C17H20F2N2O3S. The molecular weight excluding hydrogens is 350 g/mol. The first kappa shape index (κ1) is 18.1. The second kappa shape index (κ2) is 6.25. The maximum Gasteiger partial charge on any atom is 0.266 e. The van der Waals surface area contributed by atoms with Crippen LogP contribution in [0, 0.1) is 11.6 Å². The zero-order valence-electron chi connectivity index (χ0n) is 13.8. The number of anilines is 1. The van der Waals surface area contributed by atoms with E-state index in [9.17, 15) is 18.4 Å². The summed E-state index contributed by atoms with van der Waals surface area (Å²) in [7, 11) is 1.28. The summed E-state index contributed by atoms with van der Waals surface area (Å²) in [6.07, 6.45) is 3.58. The fraction of sp³-hybridized carbons (Fsp3) is 0.529. The minimum Gasteiger partial charge on any atom is -0.368 e. The van der Waals surface area contributed by atoms with Crippen LogP contribution in [0.5, 0.6) is 0 Å². The zero-order chi connectivity index (χ0) is 18.4. The van der Waals surface area contributed by atoms with Crippen molar-refractivity contribution in [3.8, 4) is 0 Å². The van der Waals surface area contributed by atoms with E-state index in [-0.39, 0.29) is 11.3 Å². The highest BCUT2D eigenvalue weighted by Crippen LogP contribution is 2.56. The van der Waals surface area contributed by atoms with Crippen LogP contribution >= 0.6 is 12.6 Å². The van der Waals surface area contributed by atoms with Gasteiger partial charge in [0.25, 0.3) is 5.91 Å². The van der Waals surface area contributed by atoms with Crippen molar-refractivity contribution in [2.24, 2.45) is 5.73 Å². The smallest absolute Gasteiger partial charge is 0.266 e. The Balaban J connectivity index is 2.27. The third-order valence-corrected chi connectivity index (χ3v) is 5.98. The number of thiol groups is 1. The average Bonchev–Trinajstić information content (AvgIpc) is 2.81. The lowest BCUT2D eigenvalue weighted by Crippen LogP contribution is -2.57. The van der Waals surface area contributed by atoms with Crippen molar-refractivity contribution < 1.29 is 23.1 Å². The molecule has 25 heavy (non-hydrogen) atoms. The summed E-state index contributed by atoms with van der Waals surface area (Å²) in [5.74, 6) is -3.63. The lowest BCUT2D eigenvalue weighted by Gasteiger charge is -2.45. The largest absolute Gasteiger partial charge is 0.368 e. The Kier molecular flexibility index (Phi) is 4.53. The molecule has 1 aliphatic carbocycles. The number of nitrogens with zero attached hydrogens (tertiary/aromatic N) is 1. The van der Waals surface area contributed by atoms with E-state index in [1.807, 2.05) is 0 Å². The molecule has 8 heteroatoms. The molecule has 1 atom stereocenters. The SMILES string of the molecule is CO[C@]1(C2(S)CCCCC2)C(=O)N(CC(N)=O)c2ccc(F)c(F)c21. The van der Waals surface area contributed by atoms with Gasteiger partial charge in [-0.25, -0.2) is 8.78 Å². The molecule has 0 bridgehead atoms. The van der Waals surface area contributed by atoms with Gasteiger partial charge in [-0.3, -0.25) is 14.5 Å². The number of halogens is 2. The molecule has 0 aromatic heterocycles. The van der Waals surface area contributed by atoms with E-state index in [1.165, 1.54) is 13.2 Å². The van der Waals surface area contributed by atoms with Crippen molar-refractivity contribution in [2.45, 2.75) is 42.5 Å². The maximum absolute atomic E-state index is 14.8. The van der Waals surface area contributed by atoms with Gasteiger partial charge in [0.1, 0.15) is 6.54 Å². The molecule has 1 fully saturated rings. The first-order valence-electron chi connectivity index (χ1n) is 8.15. The lowest BCUT2D eigenvalue weighted by atomic mass is 9.72. The van der Waals surface area contributed by atoms with E-state index in [1.54, 1.807) is 0 Å². The molecule has 0 radical (unpaired) electrons. The highest BCUT2D eigenvalue weighted by molar-refractivity contribution is 7.82. The number of hydrogen-bond donors (Lipinski definition) is 2. The summed E-state index contributed by atoms with van der Waals surface area (Å²) in [6.45, 7) is -0.439. The minimum absolute atomic E-state index is 0.101. The third kappa shape index (κ3) is 2.45. The molecule has 0 spiro atoms.